The lowest BCUT2D eigenvalue weighted by Gasteiger charge is -2.03. The highest BCUT2D eigenvalue weighted by molar-refractivity contribution is 5.88. The molecular weight excluding hydrogens is 308 g/mol. The molecular formula is C19H22O5. The van der Waals surface area contributed by atoms with Crippen molar-refractivity contribution in [3.05, 3.63) is 35.3 Å². The van der Waals surface area contributed by atoms with E-state index in [0.29, 0.717) is 23.5 Å². The van der Waals surface area contributed by atoms with Crippen molar-refractivity contribution in [2.24, 2.45) is 17.3 Å². The SMILES string of the molecule is C#CCc1ccc(COC(=O)C2C(C=C(C)C(=O)OC)C2(C)C)o1. The Morgan fingerprint density at radius 3 is 2.67 bits per heavy atom. The highest BCUT2D eigenvalue weighted by atomic mass is 16.5. The molecule has 2 unspecified atom stereocenters. The summed E-state index contributed by atoms with van der Waals surface area (Å²) in [6.07, 6.45) is 7.42. The van der Waals surface area contributed by atoms with Crippen LogP contribution in [0, 0.1) is 29.6 Å². The number of furan rings is 1. The summed E-state index contributed by atoms with van der Waals surface area (Å²) < 4.78 is 15.5. The average molecular weight is 330 g/mol. The van der Waals surface area contributed by atoms with Gasteiger partial charge in [0.1, 0.15) is 18.1 Å². The second kappa shape index (κ2) is 6.96. The van der Waals surface area contributed by atoms with E-state index in [1.54, 1.807) is 25.1 Å². The highest BCUT2D eigenvalue weighted by Crippen LogP contribution is 2.59. The number of rotatable bonds is 6. The van der Waals surface area contributed by atoms with Crippen molar-refractivity contribution in [1.29, 1.82) is 0 Å². The molecule has 0 amide bonds. The van der Waals surface area contributed by atoms with Crippen molar-refractivity contribution in [1.82, 2.24) is 0 Å². The van der Waals surface area contributed by atoms with Crippen LogP contribution in [-0.2, 0) is 32.1 Å². The molecule has 1 fully saturated rings. The Morgan fingerprint density at radius 2 is 2.04 bits per heavy atom. The molecule has 1 aliphatic carbocycles. The molecule has 0 radical (unpaired) electrons. The number of carbonyl (C=O) groups excluding carboxylic acids is 2. The van der Waals surface area contributed by atoms with Gasteiger partial charge in [0.05, 0.1) is 19.4 Å². The number of hydrogen-bond donors (Lipinski definition) is 0. The summed E-state index contributed by atoms with van der Waals surface area (Å²) in [5.41, 5.74) is 0.250. The van der Waals surface area contributed by atoms with E-state index in [1.807, 2.05) is 13.8 Å². The van der Waals surface area contributed by atoms with Crippen LogP contribution in [0.1, 0.15) is 32.3 Å². The summed E-state index contributed by atoms with van der Waals surface area (Å²) in [5, 5.41) is 0. The number of methoxy groups -OCH3 is 1. The number of esters is 2. The van der Waals surface area contributed by atoms with E-state index in [4.69, 9.17) is 15.6 Å². The monoisotopic (exact) mass is 330 g/mol. The number of ether oxygens (including phenoxy) is 2. The van der Waals surface area contributed by atoms with Gasteiger partial charge < -0.3 is 13.9 Å². The van der Waals surface area contributed by atoms with Crippen molar-refractivity contribution in [3.8, 4) is 12.3 Å². The normalized spacial score (nSPS) is 21.7. The number of carbonyl (C=O) groups is 2. The van der Waals surface area contributed by atoms with Gasteiger partial charge in [0.15, 0.2) is 0 Å². The third-order valence-electron chi connectivity index (χ3n) is 4.45. The first kappa shape index (κ1) is 17.9. The Hall–Kier alpha value is -2.48. The molecule has 1 aliphatic rings. The largest absolute Gasteiger partial charge is 0.466 e. The highest BCUT2D eigenvalue weighted by Gasteiger charge is 2.61. The fraction of sp³-hybridized carbons (Fsp3) is 0.474. The minimum absolute atomic E-state index is 0.0438. The van der Waals surface area contributed by atoms with Gasteiger partial charge in [-0.2, -0.15) is 0 Å². The van der Waals surface area contributed by atoms with Gasteiger partial charge in [0, 0.05) is 5.57 Å². The smallest absolute Gasteiger partial charge is 0.333 e. The predicted octanol–water partition coefficient (Wildman–Crippen LogP) is 2.89. The molecule has 5 nitrogen and oxygen atoms in total. The molecule has 1 heterocycles. The van der Waals surface area contributed by atoms with Crippen molar-refractivity contribution >= 4 is 11.9 Å². The molecule has 0 spiro atoms. The summed E-state index contributed by atoms with van der Waals surface area (Å²) in [4.78, 5) is 23.8. The molecule has 0 aromatic carbocycles. The van der Waals surface area contributed by atoms with Crippen molar-refractivity contribution < 1.29 is 23.5 Å². The van der Waals surface area contributed by atoms with Gasteiger partial charge in [-0.25, -0.2) is 4.79 Å². The molecule has 24 heavy (non-hydrogen) atoms. The van der Waals surface area contributed by atoms with Crippen LogP contribution < -0.4 is 0 Å². The average Bonchev–Trinajstić information content (AvgIpc) is 2.87. The molecule has 0 aliphatic heterocycles. The van der Waals surface area contributed by atoms with E-state index in [9.17, 15) is 9.59 Å². The fourth-order valence-electron chi connectivity index (χ4n) is 2.86. The second-order valence-electron chi connectivity index (χ2n) is 6.52. The minimum atomic E-state index is -0.388. The molecule has 2 atom stereocenters. The van der Waals surface area contributed by atoms with Gasteiger partial charge >= 0.3 is 11.9 Å². The second-order valence-corrected chi connectivity index (χ2v) is 6.52. The van der Waals surface area contributed by atoms with Gasteiger partial charge in [-0.05, 0) is 30.4 Å². The van der Waals surface area contributed by atoms with Crippen LogP contribution in [0.2, 0.25) is 0 Å². The standard InChI is InChI=1S/C19H22O5/c1-6-7-13-8-9-14(24-13)11-23-18(21)16-15(19(16,3)4)10-12(2)17(20)22-5/h1,8-10,15-16H,7,11H2,2-5H3. The van der Waals surface area contributed by atoms with Crippen LogP contribution in [0.15, 0.2) is 28.2 Å². The Balaban J connectivity index is 1.94. The zero-order valence-corrected chi connectivity index (χ0v) is 14.4. The number of hydrogen-bond acceptors (Lipinski definition) is 5. The maximum Gasteiger partial charge on any atom is 0.333 e. The van der Waals surface area contributed by atoms with Crippen molar-refractivity contribution in [3.63, 3.8) is 0 Å². The zero-order chi connectivity index (χ0) is 17.9. The number of terminal acetylenes is 1. The van der Waals surface area contributed by atoms with Crippen LogP contribution in [-0.4, -0.2) is 19.0 Å². The number of allylic oxidation sites excluding steroid dienone is 1. The molecule has 1 aromatic rings. The minimum Gasteiger partial charge on any atom is -0.466 e. The lowest BCUT2D eigenvalue weighted by Crippen LogP contribution is -2.10. The topological polar surface area (TPSA) is 65.7 Å². The maximum absolute atomic E-state index is 12.3. The summed E-state index contributed by atoms with van der Waals surface area (Å²) in [6, 6.07) is 3.52. The van der Waals surface area contributed by atoms with E-state index < -0.39 is 0 Å². The first-order valence-corrected chi connectivity index (χ1v) is 7.75. The van der Waals surface area contributed by atoms with Crippen LogP contribution in [0.4, 0.5) is 0 Å². The van der Waals surface area contributed by atoms with Crippen LogP contribution in [0.25, 0.3) is 0 Å². The van der Waals surface area contributed by atoms with Crippen molar-refractivity contribution in [2.45, 2.75) is 33.8 Å². The molecule has 1 aromatic heterocycles. The third-order valence-corrected chi connectivity index (χ3v) is 4.45. The summed E-state index contributed by atoms with van der Waals surface area (Å²) in [7, 11) is 1.33. The van der Waals surface area contributed by atoms with Crippen LogP contribution in [0.5, 0.6) is 0 Å². The Labute approximate surface area is 142 Å². The summed E-state index contributed by atoms with van der Waals surface area (Å²) in [5.74, 6) is 2.72. The van der Waals surface area contributed by atoms with Gasteiger partial charge in [-0.15, -0.1) is 6.42 Å². The molecule has 5 heteroatoms. The van der Waals surface area contributed by atoms with E-state index in [1.165, 1.54) is 7.11 Å². The first-order chi connectivity index (χ1) is 11.3. The third kappa shape index (κ3) is 3.70. The molecule has 128 valence electrons. The van der Waals surface area contributed by atoms with E-state index >= 15 is 0 Å². The lowest BCUT2D eigenvalue weighted by molar-refractivity contribution is -0.148. The Bertz CT molecular complexity index is 702. The predicted molar refractivity (Wildman–Crippen MR) is 87.6 cm³/mol. The lowest BCUT2D eigenvalue weighted by atomic mass is 10.1. The quantitative estimate of drug-likeness (QED) is 0.456. The van der Waals surface area contributed by atoms with E-state index in [-0.39, 0.29) is 35.8 Å². The van der Waals surface area contributed by atoms with Gasteiger partial charge in [0.25, 0.3) is 0 Å². The van der Waals surface area contributed by atoms with Crippen LogP contribution >= 0.6 is 0 Å². The first-order valence-electron chi connectivity index (χ1n) is 7.75. The molecule has 1 saturated carbocycles. The Morgan fingerprint density at radius 1 is 1.38 bits per heavy atom. The molecule has 0 N–H and O–H groups in total. The van der Waals surface area contributed by atoms with E-state index in [0.717, 1.165) is 0 Å². The fourth-order valence-corrected chi connectivity index (χ4v) is 2.86. The van der Waals surface area contributed by atoms with Gasteiger partial charge in [-0.1, -0.05) is 25.8 Å². The Kier molecular flexibility index (Phi) is 5.18. The zero-order valence-electron chi connectivity index (χ0n) is 14.4. The van der Waals surface area contributed by atoms with Crippen molar-refractivity contribution in [2.75, 3.05) is 7.11 Å². The maximum atomic E-state index is 12.3. The van der Waals surface area contributed by atoms with Gasteiger partial charge in [0.2, 0.25) is 0 Å². The molecule has 0 saturated heterocycles. The summed E-state index contributed by atoms with van der Waals surface area (Å²) >= 11 is 0. The molecule has 0 bridgehead atoms. The van der Waals surface area contributed by atoms with Crippen LogP contribution in [0.3, 0.4) is 0 Å². The van der Waals surface area contributed by atoms with Gasteiger partial charge in [-0.3, -0.25) is 4.79 Å². The van der Waals surface area contributed by atoms with E-state index in [2.05, 4.69) is 10.7 Å². The molecule has 2 rings (SSSR count). The summed E-state index contributed by atoms with van der Waals surface area (Å²) in [6.45, 7) is 5.70.